The molecule has 1 saturated heterocycles. The van der Waals surface area contributed by atoms with Crippen LogP contribution in [0.2, 0.25) is 0 Å². The van der Waals surface area contributed by atoms with Crippen molar-refractivity contribution in [1.82, 2.24) is 4.90 Å². The second kappa shape index (κ2) is 12.3. The van der Waals surface area contributed by atoms with Crippen LogP contribution in [0.25, 0.3) is 0 Å². The molecule has 5 rings (SSSR count). The minimum absolute atomic E-state index is 0.00758. The van der Waals surface area contributed by atoms with Gasteiger partial charge in [0.25, 0.3) is 0 Å². The number of esters is 2. The van der Waals surface area contributed by atoms with Gasteiger partial charge in [0.05, 0.1) is 54.1 Å². The van der Waals surface area contributed by atoms with Crippen molar-refractivity contribution in [3.8, 4) is 28.7 Å². The summed E-state index contributed by atoms with van der Waals surface area (Å²) in [4.78, 5) is 28.9. The summed E-state index contributed by atoms with van der Waals surface area (Å²) in [7, 11) is 8.95. The lowest BCUT2D eigenvalue weighted by atomic mass is 9.63. The van der Waals surface area contributed by atoms with E-state index in [9.17, 15) is 14.7 Å². The molecule has 11 heteroatoms. The molecule has 42 heavy (non-hydrogen) atoms. The summed E-state index contributed by atoms with van der Waals surface area (Å²) >= 11 is 0. The van der Waals surface area contributed by atoms with Gasteiger partial charge in [-0.15, -0.1) is 0 Å². The predicted octanol–water partition coefficient (Wildman–Crippen LogP) is 3.04. The molecule has 0 amide bonds. The summed E-state index contributed by atoms with van der Waals surface area (Å²) < 4.78 is 38.3. The van der Waals surface area contributed by atoms with Crippen molar-refractivity contribution in [1.29, 1.82) is 0 Å². The highest BCUT2D eigenvalue weighted by Gasteiger charge is 2.53. The lowest BCUT2D eigenvalue weighted by Gasteiger charge is -2.52. The fourth-order valence-corrected chi connectivity index (χ4v) is 7.05. The Bertz CT molecular complexity index is 1300. The minimum atomic E-state index is -1.23. The largest absolute Gasteiger partial charge is 0.493 e. The molecule has 3 aliphatic rings. The number of carbonyl (C=O) groups excluding carboxylic acids is 2. The van der Waals surface area contributed by atoms with Crippen molar-refractivity contribution < 1.29 is 47.9 Å². The number of hydrogen-bond donors (Lipinski definition) is 1. The third-order valence-electron chi connectivity index (χ3n) is 9.06. The molecule has 2 aromatic carbocycles. The van der Waals surface area contributed by atoms with Gasteiger partial charge < -0.3 is 38.3 Å². The van der Waals surface area contributed by atoms with Crippen LogP contribution in [0.1, 0.15) is 40.4 Å². The second-order valence-corrected chi connectivity index (χ2v) is 11.0. The van der Waals surface area contributed by atoms with Crippen LogP contribution >= 0.6 is 0 Å². The van der Waals surface area contributed by atoms with E-state index in [1.165, 1.54) is 46.1 Å². The first-order chi connectivity index (χ1) is 20.3. The first-order valence-electron chi connectivity index (χ1n) is 14.0. The van der Waals surface area contributed by atoms with Crippen LogP contribution in [-0.4, -0.2) is 89.9 Å². The molecule has 0 unspecified atom stereocenters. The molecule has 0 spiro atoms. The molecule has 228 valence electrons. The Morgan fingerprint density at radius 2 is 1.48 bits per heavy atom. The zero-order valence-electron chi connectivity index (χ0n) is 24.9. The van der Waals surface area contributed by atoms with Gasteiger partial charge in [0, 0.05) is 19.1 Å². The lowest BCUT2D eigenvalue weighted by Crippen LogP contribution is -2.58. The molecule has 2 fully saturated rings. The predicted molar refractivity (Wildman–Crippen MR) is 151 cm³/mol. The van der Waals surface area contributed by atoms with Crippen molar-refractivity contribution in [3.63, 3.8) is 0 Å². The Labute approximate surface area is 245 Å². The van der Waals surface area contributed by atoms with Crippen LogP contribution < -0.4 is 23.7 Å². The van der Waals surface area contributed by atoms with Crippen molar-refractivity contribution >= 4 is 11.9 Å². The number of hydrogen-bond acceptors (Lipinski definition) is 11. The first-order valence-corrected chi connectivity index (χ1v) is 14.0. The number of nitrogens with zero attached hydrogens (tertiary/aromatic N) is 1. The van der Waals surface area contributed by atoms with Gasteiger partial charge in [-0.1, -0.05) is 0 Å². The van der Waals surface area contributed by atoms with Gasteiger partial charge in [-0.05, 0) is 66.5 Å². The van der Waals surface area contributed by atoms with Gasteiger partial charge >= 0.3 is 11.9 Å². The molecule has 2 aliphatic heterocycles. The zero-order valence-corrected chi connectivity index (χ0v) is 24.9. The number of carbonyl (C=O) groups is 2. The molecule has 6 atom stereocenters. The Hall–Kier alpha value is -3.70. The number of rotatable bonds is 8. The second-order valence-electron chi connectivity index (χ2n) is 11.0. The number of methoxy groups -OCH3 is 6. The summed E-state index contributed by atoms with van der Waals surface area (Å²) in [5.74, 6) is 0.125. The van der Waals surface area contributed by atoms with E-state index in [0.717, 1.165) is 18.5 Å². The van der Waals surface area contributed by atoms with E-state index >= 15 is 0 Å². The van der Waals surface area contributed by atoms with Crippen LogP contribution in [0.15, 0.2) is 24.3 Å². The average molecular weight is 586 g/mol. The van der Waals surface area contributed by atoms with E-state index in [-0.39, 0.29) is 23.4 Å². The number of fused-ring (bicyclic) bond motifs is 4. The van der Waals surface area contributed by atoms with E-state index in [1.807, 2.05) is 12.1 Å². The van der Waals surface area contributed by atoms with Crippen molar-refractivity contribution in [2.45, 2.75) is 37.5 Å². The molecule has 2 aromatic rings. The van der Waals surface area contributed by atoms with E-state index in [0.29, 0.717) is 48.1 Å². The maximum Gasteiger partial charge on any atom is 0.338 e. The monoisotopic (exact) mass is 585 g/mol. The minimum Gasteiger partial charge on any atom is -0.493 e. The Morgan fingerprint density at radius 3 is 2.07 bits per heavy atom. The smallest absolute Gasteiger partial charge is 0.338 e. The third kappa shape index (κ3) is 5.20. The van der Waals surface area contributed by atoms with Crippen LogP contribution in [0.3, 0.4) is 0 Å². The van der Waals surface area contributed by atoms with Crippen LogP contribution in [0, 0.1) is 17.8 Å². The Morgan fingerprint density at radius 1 is 0.833 bits per heavy atom. The number of aliphatic hydroxyl groups excluding tert-OH is 1. The Kier molecular flexibility index (Phi) is 8.70. The van der Waals surface area contributed by atoms with Gasteiger partial charge in [0.2, 0.25) is 5.75 Å². The molecule has 1 N–H and O–H groups in total. The van der Waals surface area contributed by atoms with Gasteiger partial charge in [0.1, 0.15) is 12.2 Å². The topological polar surface area (TPSA) is 122 Å². The molecule has 2 heterocycles. The fraction of sp³-hybridized carbons (Fsp3) is 0.548. The zero-order chi connectivity index (χ0) is 30.1. The molecule has 0 aromatic heterocycles. The molecule has 1 saturated carbocycles. The van der Waals surface area contributed by atoms with Gasteiger partial charge in [-0.2, -0.15) is 0 Å². The average Bonchev–Trinajstić information content (AvgIpc) is 3.02. The summed E-state index contributed by atoms with van der Waals surface area (Å²) in [5, 5.41) is 11.5. The summed E-state index contributed by atoms with van der Waals surface area (Å²) in [6.45, 7) is 1.54. The quantitative estimate of drug-likeness (QED) is 0.460. The third-order valence-corrected chi connectivity index (χ3v) is 9.06. The van der Waals surface area contributed by atoms with Gasteiger partial charge in [-0.3, -0.25) is 9.69 Å². The molecular formula is C31H39NO10. The molecule has 0 radical (unpaired) electrons. The molecule has 11 nitrogen and oxygen atoms in total. The Balaban J connectivity index is 1.41. The summed E-state index contributed by atoms with van der Waals surface area (Å²) in [6.07, 6.45) is -0.217. The number of ether oxygens (including phenoxy) is 7. The summed E-state index contributed by atoms with van der Waals surface area (Å²) in [6, 6.07) is 7.11. The highest BCUT2D eigenvalue weighted by atomic mass is 16.6. The standard InChI is InChI=1S/C31H39NO10/c1-36-22-9-16-7-8-32-15-18-12-24(42-30(34)17-10-25(38-3)29(40-5)26(11-17)39-4)28(33)27(31(35)41-6)20(18)13-21(32)19(16)14-23(22)37-2/h9-11,14,18,20-21,24,27-28,33H,7-8,12-13,15H2,1-6H3/t18-,20+,21+,24+,27-,28+/m1/s1. The van der Waals surface area contributed by atoms with E-state index in [2.05, 4.69) is 4.90 Å². The van der Waals surface area contributed by atoms with E-state index in [4.69, 9.17) is 33.2 Å². The molecule has 0 bridgehead atoms. The fourth-order valence-electron chi connectivity index (χ4n) is 7.05. The van der Waals surface area contributed by atoms with Crippen LogP contribution in [0.5, 0.6) is 28.7 Å². The molecule has 1 aliphatic carbocycles. The van der Waals surface area contributed by atoms with Gasteiger partial charge in [0.15, 0.2) is 23.0 Å². The first kappa shape index (κ1) is 29.8. The van der Waals surface area contributed by atoms with Crippen molar-refractivity contribution in [3.05, 3.63) is 41.0 Å². The molecular weight excluding hydrogens is 546 g/mol. The number of piperidine rings is 1. The highest BCUT2D eigenvalue weighted by molar-refractivity contribution is 5.91. The SMILES string of the molecule is COC(=O)[C@H]1[C@@H](O)[C@@H](OC(=O)c2cc(OC)c(OC)c(OC)c2)C[C@@H]2CN3CCc4cc(OC)c(OC)cc4[C@@H]3C[C@@H]21. The highest BCUT2D eigenvalue weighted by Crippen LogP contribution is 2.50. The van der Waals surface area contributed by atoms with Crippen molar-refractivity contribution in [2.75, 3.05) is 55.7 Å². The number of benzene rings is 2. The summed E-state index contributed by atoms with van der Waals surface area (Å²) in [5.41, 5.74) is 2.51. The van der Waals surface area contributed by atoms with E-state index in [1.54, 1.807) is 14.2 Å². The van der Waals surface area contributed by atoms with Crippen LogP contribution in [-0.2, 0) is 20.7 Å². The van der Waals surface area contributed by atoms with Crippen molar-refractivity contribution in [2.24, 2.45) is 17.8 Å². The number of aliphatic hydroxyl groups is 1. The maximum absolute atomic E-state index is 13.3. The maximum atomic E-state index is 13.3. The van der Waals surface area contributed by atoms with Gasteiger partial charge in [-0.25, -0.2) is 4.79 Å². The van der Waals surface area contributed by atoms with E-state index < -0.39 is 30.1 Å². The lowest BCUT2D eigenvalue weighted by molar-refractivity contribution is -0.172. The normalized spacial score (nSPS) is 26.5. The van der Waals surface area contributed by atoms with Crippen LogP contribution in [0.4, 0.5) is 0 Å².